The number of amides is 3. The Hall–Kier alpha value is -1.88. The van der Waals surface area contributed by atoms with Crippen molar-refractivity contribution in [2.75, 3.05) is 13.1 Å². The summed E-state index contributed by atoms with van der Waals surface area (Å²) < 4.78 is 0. The van der Waals surface area contributed by atoms with Gasteiger partial charge in [-0.05, 0) is 38.4 Å². The summed E-state index contributed by atoms with van der Waals surface area (Å²) in [6.07, 6.45) is 5.98. The number of carbonyl (C=O) groups excluding carboxylic acids is 2. The second kappa shape index (κ2) is 9.30. The number of imide groups is 1. The van der Waals surface area contributed by atoms with E-state index in [1.54, 1.807) is 0 Å². The molecule has 0 unspecified atom stereocenters. The molecule has 23 heavy (non-hydrogen) atoms. The Morgan fingerprint density at radius 1 is 1.04 bits per heavy atom. The molecular formula is C18H27N3O2. The Labute approximate surface area is 138 Å². The van der Waals surface area contributed by atoms with Gasteiger partial charge in [0.25, 0.3) is 0 Å². The van der Waals surface area contributed by atoms with E-state index in [0.29, 0.717) is 6.54 Å². The molecule has 5 heteroatoms. The second-order valence-corrected chi connectivity index (χ2v) is 6.14. The van der Waals surface area contributed by atoms with Crippen molar-refractivity contribution in [3.63, 3.8) is 0 Å². The summed E-state index contributed by atoms with van der Waals surface area (Å²) in [5.74, 6) is -0.226. The smallest absolute Gasteiger partial charge is 0.321 e. The maximum atomic E-state index is 12.2. The number of urea groups is 1. The van der Waals surface area contributed by atoms with E-state index in [2.05, 4.69) is 15.5 Å². The van der Waals surface area contributed by atoms with Crippen LogP contribution in [0.15, 0.2) is 30.3 Å². The van der Waals surface area contributed by atoms with Gasteiger partial charge in [-0.2, -0.15) is 0 Å². The lowest BCUT2D eigenvalue weighted by Crippen LogP contribution is -2.50. The fraction of sp³-hybridized carbons (Fsp3) is 0.556. The van der Waals surface area contributed by atoms with E-state index in [1.807, 2.05) is 37.3 Å². The predicted molar refractivity (Wildman–Crippen MR) is 90.9 cm³/mol. The highest BCUT2D eigenvalue weighted by Crippen LogP contribution is 2.12. The quantitative estimate of drug-likeness (QED) is 0.897. The zero-order valence-electron chi connectivity index (χ0n) is 13.9. The summed E-state index contributed by atoms with van der Waals surface area (Å²) >= 11 is 0. The first-order valence-electron chi connectivity index (χ1n) is 8.53. The average molecular weight is 317 g/mol. The first kappa shape index (κ1) is 17.5. The molecule has 1 atom stereocenters. The third-order valence-electron chi connectivity index (χ3n) is 4.35. The third-order valence-corrected chi connectivity index (χ3v) is 4.35. The van der Waals surface area contributed by atoms with Crippen LogP contribution in [0, 0.1) is 0 Å². The molecule has 126 valence electrons. The average Bonchev–Trinajstić information content (AvgIpc) is 2.53. The summed E-state index contributed by atoms with van der Waals surface area (Å²) in [6.45, 7) is 4.15. The van der Waals surface area contributed by atoms with Crippen LogP contribution in [-0.4, -0.2) is 36.0 Å². The minimum Gasteiger partial charge on any atom is -0.334 e. The van der Waals surface area contributed by atoms with Gasteiger partial charge in [0.2, 0.25) is 5.91 Å². The number of carbonyl (C=O) groups is 2. The van der Waals surface area contributed by atoms with Crippen molar-refractivity contribution in [1.29, 1.82) is 0 Å². The molecule has 0 aromatic heterocycles. The van der Waals surface area contributed by atoms with Crippen molar-refractivity contribution in [2.45, 2.75) is 51.6 Å². The van der Waals surface area contributed by atoms with Gasteiger partial charge in [0, 0.05) is 6.54 Å². The Bertz CT molecular complexity index is 496. The van der Waals surface area contributed by atoms with Crippen molar-refractivity contribution in [3.05, 3.63) is 35.9 Å². The van der Waals surface area contributed by atoms with Crippen LogP contribution in [0.4, 0.5) is 4.79 Å². The highest BCUT2D eigenvalue weighted by atomic mass is 16.2. The molecule has 1 fully saturated rings. The Morgan fingerprint density at radius 2 is 1.65 bits per heavy atom. The molecule has 1 aliphatic heterocycles. The largest absolute Gasteiger partial charge is 0.334 e. The van der Waals surface area contributed by atoms with E-state index < -0.39 is 6.03 Å². The van der Waals surface area contributed by atoms with Crippen LogP contribution in [0.1, 0.15) is 44.6 Å². The Balaban J connectivity index is 1.76. The Kier molecular flexibility index (Phi) is 7.07. The van der Waals surface area contributed by atoms with Gasteiger partial charge in [-0.15, -0.1) is 0 Å². The van der Waals surface area contributed by atoms with Crippen LogP contribution in [0.2, 0.25) is 0 Å². The number of rotatable bonds is 4. The van der Waals surface area contributed by atoms with E-state index in [0.717, 1.165) is 31.5 Å². The monoisotopic (exact) mass is 317 g/mol. The first-order valence-corrected chi connectivity index (χ1v) is 8.53. The minimum absolute atomic E-state index is 0.226. The van der Waals surface area contributed by atoms with Gasteiger partial charge >= 0.3 is 6.03 Å². The molecule has 1 heterocycles. The summed E-state index contributed by atoms with van der Waals surface area (Å²) in [5, 5.41) is 5.17. The molecule has 3 amide bonds. The molecule has 1 aromatic rings. The maximum absolute atomic E-state index is 12.2. The standard InChI is InChI=1S/C18H27N3O2/c1-15(21-12-8-3-2-4-9-13-21)17(22)20-18(23)19-14-16-10-6-5-7-11-16/h5-7,10-11,15H,2-4,8-9,12-14H2,1H3,(H2,19,20,22,23)/t15-/m0/s1. The van der Waals surface area contributed by atoms with Gasteiger partial charge in [-0.1, -0.05) is 49.6 Å². The number of hydrogen-bond donors (Lipinski definition) is 2. The van der Waals surface area contributed by atoms with Crippen molar-refractivity contribution >= 4 is 11.9 Å². The van der Waals surface area contributed by atoms with E-state index >= 15 is 0 Å². The number of nitrogens with zero attached hydrogens (tertiary/aromatic N) is 1. The fourth-order valence-electron chi connectivity index (χ4n) is 2.86. The van der Waals surface area contributed by atoms with Gasteiger partial charge in [0.05, 0.1) is 6.04 Å². The van der Waals surface area contributed by atoms with Gasteiger partial charge in [0.1, 0.15) is 0 Å². The van der Waals surface area contributed by atoms with Crippen molar-refractivity contribution < 1.29 is 9.59 Å². The maximum Gasteiger partial charge on any atom is 0.321 e. The van der Waals surface area contributed by atoms with Crippen LogP contribution in [0.25, 0.3) is 0 Å². The lowest BCUT2D eigenvalue weighted by Gasteiger charge is -2.29. The van der Waals surface area contributed by atoms with Gasteiger partial charge in [-0.25, -0.2) is 4.79 Å². The van der Waals surface area contributed by atoms with Crippen LogP contribution < -0.4 is 10.6 Å². The van der Waals surface area contributed by atoms with E-state index in [9.17, 15) is 9.59 Å². The predicted octanol–water partition coefficient (Wildman–Crippen LogP) is 2.67. The first-order chi connectivity index (χ1) is 11.2. The number of hydrogen-bond acceptors (Lipinski definition) is 3. The summed E-state index contributed by atoms with van der Waals surface area (Å²) in [7, 11) is 0. The SMILES string of the molecule is C[C@@H](C(=O)NC(=O)NCc1ccccc1)N1CCCCCCC1. The molecule has 0 saturated carbocycles. The normalized spacial score (nSPS) is 17.6. The number of likely N-dealkylation sites (tertiary alicyclic amines) is 1. The molecule has 5 nitrogen and oxygen atoms in total. The molecule has 0 aliphatic carbocycles. The highest BCUT2D eigenvalue weighted by Gasteiger charge is 2.22. The fourth-order valence-corrected chi connectivity index (χ4v) is 2.86. The molecule has 1 saturated heterocycles. The summed E-state index contributed by atoms with van der Waals surface area (Å²) in [4.78, 5) is 26.3. The molecule has 0 spiro atoms. The molecule has 2 N–H and O–H groups in total. The molecule has 0 radical (unpaired) electrons. The second-order valence-electron chi connectivity index (χ2n) is 6.14. The number of benzene rings is 1. The lowest BCUT2D eigenvalue weighted by molar-refractivity contribution is -0.124. The van der Waals surface area contributed by atoms with E-state index in [1.165, 1.54) is 19.3 Å². The highest BCUT2D eigenvalue weighted by molar-refractivity contribution is 5.96. The topological polar surface area (TPSA) is 61.4 Å². The van der Waals surface area contributed by atoms with Gasteiger partial charge < -0.3 is 5.32 Å². The zero-order chi connectivity index (χ0) is 16.5. The van der Waals surface area contributed by atoms with Gasteiger partial charge in [-0.3, -0.25) is 15.0 Å². The van der Waals surface area contributed by atoms with E-state index in [-0.39, 0.29) is 11.9 Å². The molecule has 2 rings (SSSR count). The number of nitrogens with one attached hydrogen (secondary N) is 2. The van der Waals surface area contributed by atoms with Crippen molar-refractivity contribution in [2.24, 2.45) is 0 Å². The third kappa shape index (κ3) is 6.02. The summed E-state index contributed by atoms with van der Waals surface area (Å²) in [6, 6.07) is 8.94. The lowest BCUT2D eigenvalue weighted by atomic mass is 10.1. The van der Waals surface area contributed by atoms with Gasteiger partial charge in [0.15, 0.2) is 0 Å². The molecule has 1 aromatic carbocycles. The van der Waals surface area contributed by atoms with Crippen molar-refractivity contribution in [3.8, 4) is 0 Å². The molecule has 0 bridgehead atoms. The van der Waals surface area contributed by atoms with Crippen LogP contribution in [0.3, 0.4) is 0 Å². The van der Waals surface area contributed by atoms with Crippen LogP contribution in [0.5, 0.6) is 0 Å². The van der Waals surface area contributed by atoms with E-state index in [4.69, 9.17) is 0 Å². The molecule has 1 aliphatic rings. The Morgan fingerprint density at radius 3 is 2.30 bits per heavy atom. The molecular weight excluding hydrogens is 290 g/mol. The van der Waals surface area contributed by atoms with Crippen molar-refractivity contribution in [1.82, 2.24) is 15.5 Å². The summed E-state index contributed by atoms with van der Waals surface area (Å²) in [5.41, 5.74) is 1.01. The van der Waals surface area contributed by atoms with Crippen LogP contribution >= 0.6 is 0 Å². The zero-order valence-corrected chi connectivity index (χ0v) is 13.9. The minimum atomic E-state index is -0.433. The van der Waals surface area contributed by atoms with Crippen LogP contribution in [-0.2, 0) is 11.3 Å².